The van der Waals surface area contributed by atoms with Crippen LogP contribution in [0.3, 0.4) is 0 Å². The summed E-state index contributed by atoms with van der Waals surface area (Å²) in [4.78, 5) is 12.8. The van der Waals surface area contributed by atoms with Gasteiger partial charge in [-0.15, -0.1) is 0 Å². The molecule has 0 saturated carbocycles. The fourth-order valence-corrected chi connectivity index (χ4v) is 3.94. The van der Waals surface area contributed by atoms with Crippen LogP contribution in [0.1, 0.15) is 19.1 Å². The second-order valence-corrected chi connectivity index (χ2v) is 7.74. The number of halogens is 1. The molecule has 156 valence electrons. The zero-order valence-electron chi connectivity index (χ0n) is 16.4. The maximum Gasteiger partial charge on any atom is 0.147 e. The Hall–Kier alpha value is -2.75. The maximum absolute atomic E-state index is 7.00. The minimum atomic E-state index is -0.0731. The lowest BCUT2D eigenvalue weighted by atomic mass is 10.2. The Morgan fingerprint density at radius 1 is 1.20 bits per heavy atom. The molecule has 1 aromatic carbocycles. The van der Waals surface area contributed by atoms with E-state index in [0.717, 1.165) is 52.1 Å². The van der Waals surface area contributed by atoms with E-state index in [-0.39, 0.29) is 12.3 Å². The van der Waals surface area contributed by atoms with Crippen molar-refractivity contribution in [1.29, 1.82) is 0 Å². The summed E-state index contributed by atoms with van der Waals surface area (Å²) >= 11 is 3.44. The summed E-state index contributed by atoms with van der Waals surface area (Å²) < 4.78 is 15.1. The number of hydrogen-bond acceptors (Lipinski definition) is 7. The number of fused-ring (bicyclic) bond motifs is 2. The summed E-state index contributed by atoms with van der Waals surface area (Å²) in [5.74, 6) is 1.28. The molecule has 1 aliphatic rings. The number of rotatable bonds is 4. The Labute approximate surface area is 181 Å². The molecule has 8 nitrogen and oxygen atoms in total. The summed E-state index contributed by atoms with van der Waals surface area (Å²) in [6, 6.07) is 9.89. The highest BCUT2D eigenvalue weighted by Crippen LogP contribution is 2.32. The Balaban J connectivity index is 0.00000106. The summed E-state index contributed by atoms with van der Waals surface area (Å²) in [6.07, 6.45) is 6.99. The Kier molecular flexibility index (Phi) is 6.12. The van der Waals surface area contributed by atoms with Gasteiger partial charge in [0.2, 0.25) is 0 Å². The Morgan fingerprint density at radius 3 is 2.93 bits per heavy atom. The molecule has 2 atom stereocenters. The molecule has 0 bridgehead atoms. The van der Waals surface area contributed by atoms with E-state index in [4.69, 9.17) is 20.3 Å². The number of ether oxygens (including phenoxy) is 2. The molecule has 1 saturated heterocycles. The van der Waals surface area contributed by atoms with Crippen molar-refractivity contribution in [3.05, 3.63) is 53.5 Å². The molecule has 2 unspecified atom stereocenters. The average molecular weight is 472 g/mol. The molecule has 0 amide bonds. The normalized spacial score (nSPS) is 18.4. The first-order valence-electron chi connectivity index (χ1n) is 9.53. The number of nitrogens with zero attached hydrogens (tertiary/aromatic N) is 4. The van der Waals surface area contributed by atoms with E-state index in [1.54, 1.807) is 6.20 Å². The van der Waals surface area contributed by atoms with Crippen molar-refractivity contribution in [3.63, 3.8) is 0 Å². The molecule has 3 aromatic heterocycles. The van der Waals surface area contributed by atoms with Crippen LogP contribution in [0.15, 0.2) is 53.5 Å². The molecule has 0 spiro atoms. The largest absolute Gasteiger partial charge is 0.491 e. The number of hydrogen-bond donors (Lipinski definition) is 2. The lowest BCUT2D eigenvalue weighted by Gasteiger charge is -2.16. The van der Waals surface area contributed by atoms with E-state index in [2.05, 4.69) is 30.9 Å². The maximum atomic E-state index is 7.00. The van der Waals surface area contributed by atoms with Crippen LogP contribution in [0.5, 0.6) is 5.75 Å². The first-order valence-corrected chi connectivity index (χ1v) is 10.3. The van der Waals surface area contributed by atoms with E-state index in [1.165, 1.54) is 6.33 Å². The van der Waals surface area contributed by atoms with Gasteiger partial charge in [0.05, 0.1) is 17.0 Å². The predicted octanol–water partition coefficient (Wildman–Crippen LogP) is 3.69. The molecule has 4 aromatic rings. The zero-order chi connectivity index (χ0) is 21.1. The quantitative estimate of drug-likeness (QED) is 0.466. The molecular weight excluding hydrogens is 450 g/mol. The van der Waals surface area contributed by atoms with Crippen LogP contribution in [0.2, 0.25) is 0 Å². The molecule has 0 radical (unpaired) electrons. The Bertz CT molecular complexity index is 1170. The van der Waals surface area contributed by atoms with Crippen molar-refractivity contribution in [3.8, 4) is 5.75 Å². The number of nitrogen functional groups attached to an aromatic ring is 1. The smallest absolute Gasteiger partial charge is 0.147 e. The summed E-state index contributed by atoms with van der Waals surface area (Å²) in [5, 5.41) is 8.92. The van der Waals surface area contributed by atoms with Crippen molar-refractivity contribution >= 4 is 43.7 Å². The van der Waals surface area contributed by atoms with Gasteiger partial charge in [-0.1, -0.05) is 0 Å². The van der Waals surface area contributed by atoms with Crippen molar-refractivity contribution in [2.75, 3.05) is 19.5 Å². The van der Waals surface area contributed by atoms with Crippen molar-refractivity contribution in [1.82, 2.24) is 19.5 Å². The van der Waals surface area contributed by atoms with Crippen LogP contribution >= 0.6 is 15.9 Å². The SMILES string of the molecule is CO.Nc1ncnc2c1ccn2C1CCC(COc2ccc3cc(Br)cnc3c2)O1. The standard InChI is InChI=1S/C20H18BrN5O2.CH4O/c21-13-7-12-1-2-14(8-17(12)23-9-13)27-10-15-3-4-18(28-15)26-6-5-16-19(22)24-11-25-20(16)26;1-2/h1-2,5-9,11,15,18H,3-4,10H2,(H2,22,24,25);2H,1H3. The van der Waals surface area contributed by atoms with E-state index in [9.17, 15) is 0 Å². The van der Waals surface area contributed by atoms with Gasteiger partial charge in [-0.05, 0) is 53.0 Å². The molecule has 0 aliphatic carbocycles. The number of aromatic nitrogens is 4. The molecule has 30 heavy (non-hydrogen) atoms. The van der Waals surface area contributed by atoms with Crippen LogP contribution in [0.4, 0.5) is 5.82 Å². The fraction of sp³-hybridized carbons (Fsp3) is 0.286. The molecule has 1 fully saturated rings. The summed E-state index contributed by atoms with van der Waals surface area (Å²) in [6.45, 7) is 0.495. The third-order valence-electron chi connectivity index (χ3n) is 4.99. The predicted molar refractivity (Wildman–Crippen MR) is 118 cm³/mol. The lowest BCUT2D eigenvalue weighted by molar-refractivity contribution is -0.0156. The van der Waals surface area contributed by atoms with Crippen molar-refractivity contribution in [2.24, 2.45) is 0 Å². The van der Waals surface area contributed by atoms with E-state index >= 15 is 0 Å². The number of aliphatic hydroxyl groups is 1. The van der Waals surface area contributed by atoms with Gasteiger partial charge in [0.25, 0.3) is 0 Å². The van der Waals surface area contributed by atoms with E-state index in [0.29, 0.717) is 12.4 Å². The van der Waals surface area contributed by atoms with Crippen molar-refractivity contribution < 1.29 is 14.6 Å². The van der Waals surface area contributed by atoms with Gasteiger partial charge in [0.1, 0.15) is 36.4 Å². The fourth-order valence-electron chi connectivity index (χ4n) is 3.59. The zero-order valence-corrected chi connectivity index (χ0v) is 18.0. The molecule has 9 heteroatoms. The van der Waals surface area contributed by atoms with Gasteiger partial charge in [-0.2, -0.15) is 0 Å². The third kappa shape index (κ3) is 4.09. The number of benzene rings is 1. The number of pyridine rings is 1. The molecule has 4 heterocycles. The van der Waals surface area contributed by atoms with Crippen LogP contribution in [0, 0.1) is 0 Å². The lowest BCUT2D eigenvalue weighted by Crippen LogP contribution is -2.18. The first-order chi connectivity index (χ1) is 14.7. The topological polar surface area (TPSA) is 108 Å². The van der Waals surface area contributed by atoms with Crippen molar-refractivity contribution in [2.45, 2.75) is 25.2 Å². The summed E-state index contributed by atoms with van der Waals surface area (Å²) in [5.41, 5.74) is 7.62. The second kappa shape index (κ2) is 8.95. The molecule has 1 aliphatic heterocycles. The second-order valence-electron chi connectivity index (χ2n) is 6.83. The van der Waals surface area contributed by atoms with E-state index < -0.39 is 0 Å². The van der Waals surface area contributed by atoms with E-state index in [1.807, 2.05) is 41.1 Å². The number of nitrogens with two attached hydrogens (primary N) is 1. The minimum Gasteiger partial charge on any atom is -0.491 e. The van der Waals surface area contributed by atoms with Gasteiger partial charge in [-0.3, -0.25) is 4.98 Å². The third-order valence-corrected chi connectivity index (χ3v) is 5.43. The molecular formula is C21H22BrN5O3. The summed E-state index contributed by atoms with van der Waals surface area (Å²) in [7, 11) is 1.00. The highest BCUT2D eigenvalue weighted by molar-refractivity contribution is 9.10. The van der Waals surface area contributed by atoms with Crippen LogP contribution in [-0.4, -0.2) is 44.4 Å². The van der Waals surface area contributed by atoms with Crippen LogP contribution in [-0.2, 0) is 4.74 Å². The van der Waals surface area contributed by atoms with Crippen LogP contribution in [0.25, 0.3) is 21.9 Å². The molecule has 5 rings (SSSR count). The number of aliphatic hydroxyl groups excluding tert-OH is 1. The van der Waals surface area contributed by atoms with Gasteiger partial charge in [0.15, 0.2) is 0 Å². The highest BCUT2D eigenvalue weighted by Gasteiger charge is 2.28. The first kappa shape index (κ1) is 20.5. The molecule has 3 N–H and O–H groups in total. The van der Waals surface area contributed by atoms with Gasteiger partial charge < -0.3 is 24.9 Å². The average Bonchev–Trinajstić information content (AvgIpc) is 3.41. The van der Waals surface area contributed by atoms with Gasteiger partial charge >= 0.3 is 0 Å². The Morgan fingerprint density at radius 2 is 2.07 bits per heavy atom. The van der Waals surface area contributed by atoms with Crippen LogP contribution < -0.4 is 10.5 Å². The van der Waals surface area contributed by atoms with Gasteiger partial charge in [-0.25, -0.2) is 9.97 Å². The highest BCUT2D eigenvalue weighted by atomic mass is 79.9. The monoisotopic (exact) mass is 471 g/mol. The number of anilines is 1. The minimum absolute atomic E-state index is 0.0233. The van der Waals surface area contributed by atoms with Gasteiger partial charge in [0, 0.05) is 35.4 Å².